The summed E-state index contributed by atoms with van der Waals surface area (Å²) >= 11 is 0. The Bertz CT molecular complexity index is 1300. The van der Waals surface area contributed by atoms with Gasteiger partial charge in [0, 0.05) is 41.6 Å². The fraction of sp³-hybridized carbons (Fsp3) is 0.269. The molecule has 0 radical (unpaired) electrons. The van der Waals surface area contributed by atoms with E-state index in [1.165, 1.54) is 12.1 Å². The van der Waals surface area contributed by atoms with Crippen LogP contribution >= 0.6 is 0 Å². The van der Waals surface area contributed by atoms with Crippen molar-refractivity contribution in [1.29, 1.82) is 0 Å². The monoisotopic (exact) mass is 459 g/mol. The van der Waals surface area contributed by atoms with Crippen LogP contribution in [-0.4, -0.2) is 38.2 Å². The van der Waals surface area contributed by atoms with E-state index in [4.69, 9.17) is 5.11 Å². The van der Waals surface area contributed by atoms with Crippen LogP contribution < -0.4 is 10.6 Å². The normalized spacial score (nSPS) is 18.0. The maximum atomic E-state index is 13.3. The second-order valence-electron chi connectivity index (χ2n) is 8.81. The van der Waals surface area contributed by atoms with E-state index in [0.29, 0.717) is 6.42 Å². The van der Waals surface area contributed by atoms with Crippen molar-refractivity contribution >= 4 is 22.9 Å². The maximum Gasteiger partial charge on any atom is 0.404 e. The third-order valence-electron chi connectivity index (χ3n) is 6.42. The molecule has 1 fully saturated rings. The number of anilines is 1. The van der Waals surface area contributed by atoms with Crippen LogP contribution in [0.15, 0.2) is 61.1 Å². The number of hydrogen-bond acceptors (Lipinski definition) is 4. The number of carbonyl (C=O) groups is 1. The number of nitrogens with zero attached hydrogens (tertiary/aromatic N) is 2. The van der Waals surface area contributed by atoms with Gasteiger partial charge in [0.2, 0.25) is 0 Å². The Kier molecular flexibility index (Phi) is 6.12. The van der Waals surface area contributed by atoms with Gasteiger partial charge in [0.25, 0.3) is 0 Å². The number of pyridine rings is 2. The van der Waals surface area contributed by atoms with Gasteiger partial charge in [0.15, 0.2) is 0 Å². The topological polar surface area (TPSA) is 103 Å². The molecule has 8 heteroatoms. The number of H-pyrrole nitrogens is 1. The van der Waals surface area contributed by atoms with Gasteiger partial charge in [-0.1, -0.05) is 12.1 Å². The van der Waals surface area contributed by atoms with E-state index in [-0.39, 0.29) is 17.9 Å². The molecule has 1 aliphatic rings. The first-order valence-electron chi connectivity index (χ1n) is 11.5. The lowest BCUT2D eigenvalue weighted by atomic mass is 9.91. The van der Waals surface area contributed by atoms with Gasteiger partial charge < -0.3 is 20.7 Å². The van der Waals surface area contributed by atoms with Crippen LogP contribution in [0.3, 0.4) is 0 Å². The highest BCUT2D eigenvalue weighted by Crippen LogP contribution is 2.28. The molecule has 3 aromatic heterocycles. The number of nitrogens with one attached hydrogen (secondary N) is 3. The lowest BCUT2D eigenvalue weighted by Gasteiger charge is -2.29. The molecule has 7 nitrogen and oxygen atoms in total. The Morgan fingerprint density at radius 2 is 1.79 bits per heavy atom. The van der Waals surface area contributed by atoms with E-state index >= 15 is 0 Å². The molecule has 1 aromatic carbocycles. The Hall–Kier alpha value is -3.94. The molecule has 4 N–H and O–H groups in total. The Labute approximate surface area is 196 Å². The molecule has 0 bridgehead atoms. The molecule has 0 saturated heterocycles. The lowest BCUT2D eigenvalue weighted by Crippen LogP contribution is -2.39. The van der Waals surface area contributed by atoms with Crippen LogP contribution in [0.4, 0.5) is 15.0 Å². The molecular formula is C26H26FN5O2. The molecule has 5 rings (SSSR count). The summed E-state index contributed by atoms with van der Waals surface area (Å²) in [5.41, 5.74) is 4.97. The van der Waals surface area contributed by atoms with Gasteiger partial charge in [0.1, 0.15) is 17.3 Å². The summed E-state index contributed by atoms with van der Waals surface area (Å²) in [6.07, 6.45) is 8.73. The third-order valence-corrected chi connectivity index (χ3v) is 6.42. The highest BCUT2D eigenvalue weighted by Gasteiger charge is 2.22. The average Bonchev–Trinajstić information content (AvgIpc) is 3.23. The first-order chi connectivity index (χ1) is 16.5. The summed E-state index contributed by atoms with van der Waals surface area (Å²) in [5, 5.41) is 16.0. The number of hydrogen-bond donors (Lipinski definition) is 4. The Balaban J connectivity index is 1.31. The number of rotatable bonds is 6. The summed E-state index contributed by atoms with van der Waals surface area (Å²) in [4.78, 5) is 23.2. The number of halogens is 1. The van der Waals surface area contributed by atoms with Crippen molar-refractivity contribution in [2.45, 2.75) is 44.2 Å². The van der Waals surface area contributed by atoms with Crippen molar-refractivity contribution in [2.24, 2.45) is 0 Å². The highest BCUT2D eigenvalue weighted by molar-refractivity contribution is 5.85. The summed E-state index contributed by atoms with van der Waals surface area (Å²) in [7, 11) is 0. The van der Waals surface area contributed by atoms with Gasteiger partial charge in [-0.25, -0.2) is 19.2 Å². The minimum absolute atomic E-state index is 0.0260. The number of aromatic amines is 1. The van der Waals surface area contributed by atoms with Crippen LogP contribution in [0.1, 0.15) is 36.8 Å². The number of benzene rings is 1. The predicted octanol–water partition coefficient (Wildman–Crippen LogP) is 5.35. The second-order valence-corrected chi connectivity index (χ2v) is 8.81. The zero-order valence-corrected chi connectivity index (χ0v) is 18.6. The van der Waals surface area contributed by atoms with Crippen molar-refractivity contribution < 1.29 is 14.3 Å². The predicted molar refractivity (Wildman–Crippen MR) is 129 cm³/mol. The van der Waals surface area contributed by atoms with Crippen LogP contribution in [0.2, 0.25) is 0 Å². The minimum atomic E-state index is -0.959. The quantitative estimate of drug-likeness (QED) is 0.311. The zero-order valence-electron chi connectivity index (χ0n) is 18.6. The second kappa shape index (κ2) is 9.51. The summed E-state index contributed by atoms with van der Waals surface area (Å²) in [5.74, 6) is 0.562. The van der Waals surface area contributed by atoms with Crippen molar-refractivity contribution in [3.05, 3.63) is 78.0 Å². The molecule has 1 aliphatic carbocycles. The SMILES string of the molecule is O=C(O)NC1CCC(Nc2cc(-c3cnc4[nH]cc(Cc5ccc(F)cc5)c4c3)ccn2)CC1. The van der Waals surface area contributed by atoms with E-state index in [1.54, 1.807) is 18.3 Å². The summed E-state index contributed by atoms with van der Waals surface area (Å²) in [6, 6.07) is 13.0. The van der Waals surface area contributed by atoms with Crippen LogP contribution in [0, 0.1) is 5.82 Å². The molecule has 0 spiro atoms. The lowest BCUT2D eigenvalue weighted by molar-refractivity contribution is 0.185. The number of amides is 1. The molecule has 174 valence electrons. The van der Waals surface area contributed by atoms with Crippen molar-refractivity contribution in [2.75, 3.05) is 5.32 Å². The van der Waals surface area contributed by atoms with E-state index in [1.807, 2.05) is 24.5 Å². The van der Waals surface area contributed by atoms with E-state index in [0.717, 1.165) is 64.8 Å². The smallest absolute Gasteiger partial charge is 0.404 e. The van der Waals surface area contributed by atoms with Crippen LogP contribution in [0.5, 0.6) is 0 Å². The van der Waals surface area contributed by atoms with E-state index < -0.39 is 6.09 Å². The van der Waals surface area contributed by atoms with Crippen molar-refractivity contribution in [1.82, 2.24) is 20.3 Å². The fourth-order valence-corrected chi connectivity index (χ4v) is 4.64. The molecule has 0 unspecified atom stereocenters. The van der Waals surface area contributed by atoms with Crippen LogP contribution in [-0.2, 0) is 6.42 Å². The van der Waals surface area contributed by atoms with Gasteiger partial charge in [-0.3, -0.25) is 0 Å². The van der Waals surface area contributed by atoms with Gasteiger partial charge in [0.05, 0.1) is 0 Å². The van der Waals surface area contributed by atoms with Crippen LogP contribution in [0.25, 0.3) is 22.2 Å². The van der Waals surface area contributed by atoms with Gasteiger partial charge in [-0.05, 0) is 79.1 Å². The van der Waals surface area contributed by atoms with Gasteiger partial charge in [-0.15, -0.1) is 0 Å². The maximum absolute atomic E-state index is 13.3. The number of fused-ring (bicyclic) bond motifs is 1. The first-order valence-corrected chi connectivity index (χ1v) is 11.5. The summed E-state index contributed by atoms with van der Waals surface area (Å²) in [6.45, 7) is 0. The van der Waals surface area contributed by atoms with Crippen molar-refractivity contribution in [3.8, 4) is 11.1 Å². The summed E-state index contributed by atoms with van der Waals surface area (Å²) < 4.78 is 13.3. The van der Waals surface area contributed by atoms with Gasteiger partial charge >= 0.3 is 6.09 Å². The Morgan fingerprint density at radius 3 is 2.56 bits per heavy atom. The first kappa shape index (κ1) is 21.9. The molecular weight excluding hydrogens is 433 g/mol. The third kappa shape index (κ3) is 5.01. The molecule has 34 heavy (non-hydrogen) atoms. The number of carboxylic acid groups (broad SMARTS) is 1. The molecule has 4 aromatic rings. The minimum Gasteiger partial charge on any atom is -0.465 e. The molecule has 1 saturated carbocycles. The highest BCUT2D eigenvalue weighted by atomic mass is 19.1. The Morgan fingerprint density at radius 1 is 1.03 bits per heavy atom. The molecule has 0 aliphatic heterocycles. The standard InChI is InChI=1S/C26H26FN5O2/c27-20-3-1-16(2-4-20)11-19-15-30-25-23(19)12-18(14-29-25)17-9-10-28-24(13-17)31-21-5-7-22(8-6-21)32-26(33)34/h1-4,9-10,12-15,21-22,32H,5-8,11H2,(H,28,31)(H,29,30)(H,33,34). The fourth-order valence-electron chi connectivity index (χ4n) is 4.64. The van der Waals surface area contributed by atoms with Gasteiger partial charge in [-0.2, -0.15) is 0 Å². The number of aromatic nitrogens is 3. The van der Waals surface area contributed by atoms with E-state index in [9.17, 15) is 9.18 Å². The molecule has 0 atom stereocenters. The zero-order chi connectivity index (χ0) is 23.5. The average molecular weight is 460 g/mol. The molecule has 1 amide bonds. The molecule has 3 heterocycles. The van der Waals surface area contributed by atoms with E-state index in [2.05, 4.69) is 31.7 Å². The largest absolute Gasteiger partial charge is 0.465 e. The van der Waals surface area contributed by atoms with Crippen molar-refractivity contribution in [3.63, 3.8) is 0 Å².